The Kier molecular flexibility index (Phi) is 7.60. The molecule has 0 saturated carbocycles. The summed E-state index contributed by atoms with van der Waals surface area (Å²) in [6, 6.07) is 25.9. The van der Waals surface area contributed by atoms with Gasteiger partial charge in [0.25, 0.3) is 11.8 Å². The van der Waals surface area contributed by atoms with Crippen LogP contribution in [-0.2, 0) is 6.18 Å². The van der Waals surface area contributed by atoms with E-state index in [-0.39, 0.29) is 5.91 Å². The minimum atomic E-state index is -4.44. The number of alkyl halides is 3. The number of para-hydroxylation sites is 2. The highest BCUT2D eigenvalue weighted by atomic mass is 19.4. The molecular weight excluding hydrogens is 515 g/mol. The lowest BCUT2D eigenvalue weighted by molar-refractivity contribution is -0.137. The van der Waals surface area contributed by atoms with Crippen molar-refractivity contribution >= 4 is 28.9 Å². The minimum absolute atomic E-state index is 0.169. The molecule has 0 aliphatic carbocycles. The molecule has 0 radical (unpaired) electrons. The van der Waals surface area contributed by atoms with Gasteiger partial charge >= 0.3 is 6.18 Å². The number of nitrogens with one attached hydrogen (secondary N) is 1. The second kappa shape index (κ2) is 11.3. The molecule has 5 nitrogen and oxygen atoms in total. The number of nitrogens with zero attached hydrogens (tertiary/aromatic N) is 2. The number of hydrogen-bond acceptors (Lipinski definition) is 3. The van der Waals surface area contributed by atoms with Crippen molar-refractivity contribution in [2.75, 3.05) is 35.3 Å². The summed E-state index contributed by atoms with van der Waals surface area (Å²) in [6.07, 6.45) is -2.17. The Bertz CT molecular complexity index is 1510. The number of carbonyl (C=O) groups excluding carboxylic acids is 2. The summed E-state index contributed by atoms with van der Waals surface area (Å²) in [5.41, 5.74) is 3.42. The summed E-state index contributed by atoms with van der Waals surface area (Å²) in [7, 11) is 1.76. The van der Waals surface area contributed by atoms with Crippen LogP contribution in [0, 0.1) is 0 Å². The van der Waals surface area contributed by atoms with Gasteiger partial charge in [-0.25, -0.2) is 0 Å². The van der Waals surface area contributed by atoms with Gasteiger partial charge in [0, 0.05) is 37.0 Å². The average molecular weight is 544 g/mol. The van der Waals surface area contributed by atoms with Crippen LogP contribution >= 0.6 is 0 Å². The maximum absolute atomic E-state index is 13.3. The first kappa shape index (κ1) is 27.0. The molecule has 0 bridgehead atoms. The third kappa shape index (κ3) is 5.71. The summed E-state index contributed by atoms with van der Waals surface area (Å²) < 4.78 is 38.9. The fourth-order valence-electron chi connectivity index (χ4n) is 4.94. The second-order valence-electron chi connectivity index (χ2n) is 9.70. The van der Waals surface area contributed by atoms with E-state index in [9.17, 15) is 22.8 Å². The molecule has 8 heteroatoms. The first-order valence-electron chi connectivity index (χ1n) is 13.0. The highest BCUT2D eigenvalue weighted by molar-refractivity contribution is 6.10. The fraction of sp³-hybridized carbons (Fsp3) is 0.188. The Morgan fingerprint density at radius 2 is 1.43 bits per heavy atom. The van der Waals surface area contributed by atoms with Gasteiger partial charge in [-0.05, 0) is 78.6 Å². The number of amides is 2. The smallest absolute Gasteiger partial charge is 0.370 e. The zero-order valence-corrected chi connectivity index (χ0v) is 21.9. The minimum Gasteiger partial charge on any atom is -0.370 e. The second-order valence-corrected chi connectivity index (χ2v) is 9.70. The molecule has 4 aromatic carbocycles. The number of benzene rings is 4. The molecule has 0 atom stereocenters. The Labute approximate surface area is 230 Å². The van der Waals surface area contributed by atoms with E-state index in [1.165, 1.54) is 12.1 Å². The summed E-state index contributed by atoms with van der Waals surface area (Å²) in [5.74, 6) is -0.580. The highest BCUT2D eigenvalue weighted by Gasteiger charge is 2.30. The van der Waals surface area contributed by atoms with Crippen molar-refractivity contribution in [3.05, 3.63) is 114 Å². The van der Waals surface area contributed by atoms with Gasteiger partial charge in [-0.15, -0.1) is 0 Å². The van der Waals surface area contributed by atoms with Crippen molar-refractivity contribution in [2.45, 2.75) is 19.0 Å². The zero-order chi connectivity index (χ0) is 28.3. The van der Waals surface area contributed by atoms with Crippen LogP contribution in [0.2, 0.25) is 0 Å². The quantitative estimate of drug-likeness (QED) is 0.274. The van der Waals surface area contributed by atoms with Crippen molar-refractivity contribution in [3.8, 4) is 11.1 Å². The van der Waals surface area contributed by atoms with Gasteiger partial charge in [-0.2, -0.15) is 13.2 Å². The predicted molar refractivity (Wildman–Crippen MR) is 152 cm³/mol. The third-order valence-electron chi connectivity index (χ3n) is 7.08. The molecule has 1 aliphatic heterocycles. The molecular formula is C32H28F3N3O2. The Hall–Kier alpha value is -4.59. The van der Waals surface area contributed by atoms with Gasteiger partial charge in [-0.3, -0.25) is 9.59 Å². The standard InChI is InChI=1S/C32H28F3N3O2/c1-37(28-10-4-5-11-29(28)38-20-6-7-21-38)31(40)23-14-18-25(19-15-23)36-30(39)27-9-3-2-8-26(27)22-12-16-24(17-13-22)32(33,34)35/h2-5,8-19H,6-7,20-21H2,1H3,(H,36,39). The van der Waals surface area contributed by atoms with Gasteiger partial charge < -0.3 is 15.1 Å². The van der Waals surface area contributed by atoms with Crippen LogP contribution in [0.25, 0.3) is 11.1 Å². The van der Waals surface area contributed by atoms with E-state index in [0.29, 0.717) is 27.9 Å². The van der Waals surface area contributed by atoms with E-state index < -0.39 is 17.6 Å². The number of halogens is 3. The molecule has 1 heterocycles. The van der Waals surface area contributed by atoms with Gasteiger partial charge in [0.1, 0.15) is 0 Å². The van der Waals surface area contributed by atoms with Crippen molar-refractivity contribution in [1.82, 2.24) is 0 Å². The maximum atomic E-state index is 13.3. The van der Waals surface area contributed by atoms with E-state index in [0.717, 1.165) is 49.4 Å². The molecule has 0 aromatic heterocycles. The van der Waals surface area contributed by atoms with Crippen molar-refractivity contribution in [2.24, 2.45) is 0 Å². The molecule has 1 saturated heterocycles. The molecule has 1 N–H and O–H groups in total. The SMILES string of the molecule is CN(C(=O)c1ccc(NC(=O)c2ccccc2-c2ccc(C(F)(F)F)cc2)cc1)c1ccccc1N1CCCC1. The Morgan fingerprint density at radius 1 is 0.800 bits per heavy atom. The summed E-state index contributed by atoms with van der Waals surface area (Å²) in [6.45, 7) is 1.94. The number of carbonyl (C=O) groups is 2. The summed E-state index contributed by atoms with van der Waals surface area (Å²) >= 11 is 0. The molecule has 4 aromatic rings. The van der Waals surface area contributed by atoms with Gasteiger partial charge in [0.15, 0.2) is 0 Å². The van der Waals surface area contributed by atoms with E-state index in [2.05, 4.69) is 10.2 Å². The third-order valence-corrected chi connectivity index (χ3v) is 7.08. The van der Waals surface area contributed by atoms with Gasteiger partial charge in [0.05, 0.1) is 16.9 Å². The Balaban J connectivity index is 1.31. The first-order valence-corrected chi connectivity index (χ1v) is 13.0. The normalized spacial score (nSPS) is 13.2. The monoisotopic (exact) mass is 543 g/mol. The van der Waals surface area contributed by atoms with E-state index in [4.69, 9.17) is 0 Å². The lowest BCUT2D eigenvalue weighted by Gasteiger charge is -2.26. The van der Waals surface area contributed by atoms with E-state index in [1.807, 2.05) is 24.3 Å². The molecule has 0 spiro atoms. The van der Waals surface area contributed by atoms with Crippen LogP contribution in [-0.4, -0.2) is 32.0 Å². The number of hydrogen-bond donors (Lipinski definition) is 1. The van der Waals surface area contributed by atoms with Crippen molar-refractivity contribution in [1.29, 1.82) is 0 Å². The zero-order valence-electron chi connectivity index (χ0n) is 21.9. The van der Waals surface area contributed by atoms with Crippen LogP contribution in [0.4, 0.5) is 30.2 Å². The summed E-state index contributed by atoms with van der Waals surface area (Å²) in [4.78, 5) is 30.4. The number of anilines is 3. The highest BCUT2D eigenvalue weighted by Crippen LogP contribution is 2.33. The molecule has 5 rings (SSSR count). The van der Waals surface area contributed by atoms with Crippen LogP contribution in [0.5, 0.6) is 0 Å². The van der Waals surface area contributed by atoms with Crippen LogP contribution in [0.15, 0.2) is 97.1 Å². The van der Waals surface area contributed by atoms with Gasteiger partial charge in [0.2, 0.25) is 0 Å². The molecule has 204 valence electrons. The molecule has 0 unspecified atom stereocenters. The first-order chi connectivity index (χ1) is 19.2. The van der Waals surface area contributed by atoms with E-state index in [1.54, 1.807) is 60.5 Å². The van der Waals surface area contributed by atoms with Crippen molar-refractivity contribution < 1.29 is 22.8 Å². The largest absolute Gasteiger partial charge is 0.416 e. The molecule has 2 amide bonds. The Morgan fingerprint density at radius 3 is 2.10 bits per heavy atom. The number of rotatable bonds is 6. The maximum Gasteiger partial charge on any atom is 0.416 e. The summed E-state index contributed by atoms with van der Waals surface area (Å²) in [5, 5.41) is 2.83. The molecule has 1 fully saturated rings. The van der Waals surface area contributed by atoms with Crippen LogP contribution < -0.4 is 15.1 Å². The van der Waals surface area contributed by atoms with E-state index >= 15 is 0 Å². The van der Waals surface area contributed by atoms with Crippen LogP contribution in [0.3, 0.4) is 0 Å². The lowest BCUT2D eigenvalue weighted by atomic mass is 9.98. The molecule has 40 heavy (non-hydrogen) atoms. The fourth-order valence-corrected chi connectivity index (χ4v) is 4.94. The van der Waals surface area contributed by atoms with Gasteiger partial charge in [-0.1, -0.05) is 42.5 Å². The van der Waals surface area contributed by atoms with Crippen LogP contribution in [0.1, 0.15) is 39.1 Å². The topological polar surface area (TPSA) is 52.7 Å². The lowest BCUT2D eigenvalue weighted by Crippen LogP contribution is -2.29. The molecule has 1 aliphatic rings. The van der Waals surface area contributed by atoms with Crippen molar-refractivity contribution in [3.63, 3.8) is 0 Å². The average Bonchev–Trinajstić information content (AvgIpc) is 3.51. The predicted octanol–water partition coefficient (Wildman–Crippen LogP) is 7.50.